The van der Waals surface area contributed by atoms with Crippen molar-refractivity contribution >= 4 is 76.7 Å². The Morgan fingerprint density at radius 3 is 1.60 bits per heavy atom. The van der Waals surface area contributed by atoms with Gasteiger partial charge in [0.25, 0.3) is 0 Å². The van der Waals surface area contributed by atoms with Crippen LogP contribution in [0, 0.1) is 0 Å². The molecule has 1 saturated heterocycles. The monoisotopic (exact) mass is 969 g/mol. The number of carboxylic acid groups (broad SMARTS) is 7. The number of benzene rings is 1. The summed E-state index contributed by atoms with van der Waals surface area (Å²) in [4.78, 5) is 112. The van der Waals surface area contributed by atoms with Gasteiger partial charge in [0.15, 0.2) is 5.11 Å². The van der Waals surface area contributed by atoms with Crippen molar-refractivity contribution < 1.29 is 78.9 Å². The second-order valence-electron chi connectivity index (χ2n) is 15.9. The van der Waals surface area contributed by atoms with Crippen LogP contribution in [0.25, 0.3) is 0 Å². The van der Waals surface area contributed by atoms with Crippen molar-refractivity contribution in [3.05, 3.63) is 29.8 Å². The molecule has 0 radical (unpaired) electrons. The molecule has 2 rings (SSSR count). The Kier molecular flexibility index (Phi) is 26.2. The smallest absolute Gasteiger partial charge is 0.326 e. The Hall–Kier alpha value is -6.22. The van der Waals surface area contributed by atoms with Gasteiger partial charge in [-0.3, -0.25) is 48.4 Å². The molecular formula is C41H63N9O16S. The lowest BCUT2D eigenvalue weighted by molar-refractivity contribution is -0.142. The normalized spacial score (nSPS) is 16.4. The Labute approximate surface area is 391 Å². The van der Waals surface area contributed by atoms with Crippen LogP contribution in [0.1, 0.15) is 56.9 Å². The average Bonchev–Trinajstić information content (AvgIpc) is 3.22. The van der Waals surface area contributed by atoms with Crippen LogP contribution in [0.2, 0.25) is 0 Å². The van der Waals surface area contributed by atoms with E-state index in [-0.39, 0.29) is 104 Å². The molecule has 1 aromatic carbocycles. The summed E-state index contributed by atoms with van der Waals surface area (Å²) in [5, 5.41) is 79.4. The van der Waals surface area contributed by atoms with Crippen molar-refractivity contribution in [2.24, 2.45) is 0 Å². The summed E-state index contributed by atoms with van der Waals surface area (Å²) in [6, 6.07) is 2.74. The number of anilines is 1. The van der Waals surface area contributed by atoms with Crippen molar-refractivity contribution in [1.82, 2.24) is 40.9 Å². The van der Waals surface area contributed by atoms with E-state index in [9.17, 15) is 73.8 Å². The lowest BCUT2D eigenvalue weighted by Gasteiger charge is -2.37. The molecule has 1 aromatic rings. The Bertz CT molecular complexity index is 1840. The number of amides is 3. The van der Waals surface area contributed by atoms with E-state index in [1.54, 1.807) is 31.7 Å². The highest BCUT2D eigenvalue weighted by atomic mass is 32.1. The number of rotatable bonds is 28. The van der Waals surface area contributed by atoms with E-state index in [0.717, 1.165) is 5.56 Å². The molecule has 1 heterocycles. The number of carboxylic acids is 7. The SMILES string of the molecule is O=C(O)CCC(NC(=O)NC(CCCCNC(=O)CCCCNC(=S)Nc1ccc(CC2CN(CC(=O)O)CCN(CC(=O)O)CCN(CC(=O)O)CCN2CC(=O)O)cc1)C(=O)O)C(=O)O. The summed E-state index contributed by atoms with van der Waals surface area (Å²) in [7, 11) is 0. The molecule has 26 heteroatoms. The average molecular weight is 970 g/mol. The van der Waals surface area contributed by atoms with Crippen LogP contribution in [-0.2, 0) is 44.8 Å². The van der Waals surface area contributed by atoms with Gasteiger partial charge >= 0.3 is 47.8 Å². The predicted molar refractivity (Wildman–Crippen MR) is 242 cm³/mol. The van der Waals surface area contributed by atoms with E-state index in [2.05, 4.69) is 26.6 Å². The molecule has 25 nitrogen and oxygen atoms in total. The maximum absolute atomic E-state index is 12.3. The van der Waals surface area contributed by atoms with Gasteiger partial charge in [0.05, 0.1) is 26.2 Å². The number of nitrogens with one attached hydrogen (secondary N) is 5. The first-order valence-electron chi connectivity index (χ1n) is 21.6. The number of unbranched alkanes of at least 4 members (excludes halogenated alkanes) is 2. The summed E-state index contributed by atoms with van der Waals surface area (Å²) < 4.78 is 0. The van der Waals surface area contributed by atoms with Gasteiger partial charge in [0.2, 0.25) is 5.91 Å². The number of hydrogen-bond donors (Lipinski definition) is 12. The van der Waals surface area contributed by atoms with Gasteiger partial charge in [-0.25, -0.2) is 14.4 Å². The van der Waals surface area contributed by atoms with E-state index < -0.39 is 72.4 Å². The van der Waals surface area contributed by atoms with Crippen LogP contribution >= 0.6 is 12.2 Å². The van der Waals surface area contributed by atoms with Gasteiger partial charge in [-0.15, -0.1) is 0 Å². The molecule has 0 aliphatic carbocycles. The van der Waals surface area contributed by atoms with E-state index in [1.807, 2.05) is 12.1 Å². The molecule has 0 spiro atoms. The van der Waals surface area contributed by atoms with Crippen molar-refractivity contribution in [3.63, 3.8) is 0 Å². The zero-order valence-corrected chi connectivity index (χ0v) is 37.9. The van der Waals surface area contributed by atoms with Gasteiger partial charge < -0.3 is 62.3 Å². The number of carbonyl (C=O) groups is 9. The Balaban J connectivity index is 1.87. The zero-order chi connectivity index (χ0) is 49.9. The minimum atomic E-state index is -1.52. The van der Waals surface area contributed by atoms with Crippen LogP contribution in [0.15, 0.2) is 24.3 Å². The minimum absolute atomic E-state index is 0.00495. The molecule has 3 amide bonds. The maximum Gasteiger partial charge on any atom is 0.326 e. The van der Waals surface area contributed by atoms with E-state index in [4.69, 9.17) is 17.3 Å². The summed E-state index contributed by atoms with van der Waals surface area (Å²) in [6.45, 7) is 0.509. The Morgan fingerprint density at radius 2 is 1.06 bits per heavy atom. The molecule has 1 fully saturated rings. The third-order valence-corrected chi connectivity index (χ3v) is 10.7. The largest absolute Gasteiger partial charge is 0.481 e. The summed E-state index contributed by atoms with van der Waals surface area (Å²) in [5.41, 5.74) is 1.44. The minimum Gasteiger partial charge on any atom is -0.481 e. The van der Waals surface area contributed by atoms with Crippen LogP contribution in [0.3, 0.4) is 0 Å². The molecule has 374 valence electrons. The first kappa shape index (κ1) is 56.9. The molecule has 12 N–H and O–H groups in total. The fourth-order valence-corrected chi connectivity index (χ4v) is 7.29. The molecule has 0 saturated carbocycles. The first-order chi connectivity index (χ1) is 31.7. The zero-order valence-electron chi connectivity index (χ0n) is 37.1. The molecule has 3 atom stereocenters. The van der Waals surface area contributed by atoms with Gasteiger partial charge in [-0.1, -0.05) is 12.1 Å². The summed E-state index contributed by atoms with van der Waals surface area (Å²) >= 11 is 5.43. The van der Waals surface area contributed by atoms with Crippen molar-refractivity contribution in [2.75, 3.05) is 90.4 Å². The van der Waals surface area contributed by atoms with Crippen molar-refractivity contribution in [2.45, 2.75) is 75.9 Å². The molecule has 0 aromatic heterocycles. The summed E-state index contributed by atoms with van der Waals surface area (Å²) in [5.74, 6) is -8.68. The van der Waals surface area contributed by atoms with Crippen LogP contribution in [0.4, 0.5) is 10.5 Å². The van der Waals surface area contributed by atoms with Crippen LogP contribution < -0.4 is 26.6 Å². The van der Waals surface area contributed by atoms with Gasteiger partial charge in [-0.05, 0) is 74.9 Å². The molecule has 0 bridgehead atoms. The lowest BCUT2D eigenvalue weighted by atomic mass is 10.0. The van der Waals surface area contributed by atoms with E-state index in [0.29, 0.717) is 49.4 Å². The first-order valence-corrected chi connectivity index (χ1v) is 22.0. The van der Waals surface area contributed by atoms with Crippen LogP contribution in [-0.4, -0.2) is 217 Å². The standard InChI is InChI=1S/C41H63N9O16S/c51-32(42-13-3-1-5-30(38(62)63)45-40(66)46-31(39(64)65)11-12-33(52)53)6-2-4-14-43-41(67)44-28-9-7-27(8-10-28)21-29-22-49(25-36(58)59)18-17-47(23-34(54)55)15-16-48(24-35(56)57)19-20-50(29)26-37(60)61/h7-10,29-31H,1-6,11-26H2,(H,42,51)(H,52,53)(H,54,55)(H,56,57)(H,58,59)(H,60,61)(H,62,63)(H,64,65)(H2,43,44,67)(H2,45,46,66). The highest BCUT2D eigenvalue weighted by Gasteiger charge is 2.28. The topological polar surface area (TPSA) is 368 Å². The molecule has 1 aliphatic heterocycles. The van der Waals surface area contributed by atoms with Crippen LogP contribution in [0.5, 0.6) is 0 Å². The predicted octanol–water partition coefficient (Wildman–Crippen LogP) is -1.03. The quantitative estimate of drug-likeness (QED) is 0.0353. The maximum atomic E-state index is 12.3. The second-order valence-corrected chi connectivity index (χ2v) is 16.3. The Morgan fingerprint density at radius 1 is 0.567 bits per heavy atom. The second kappa shape index (κ2) is 30.9. The fourth-order valence-electron chi connectivity index (χ4n) is 7.07. The lowest BCUT2D eigenvalue weighted by Crippen LogP contribution is -2.53. The number of urea groups is 1. The number of hydrogen-bond acceptors (Lipinski definition) is 14. The van der Waals surface area contributed by atoms with Crippen molar-refractivity contribution in [3.8, 4) is 0 Å². The highest BCUT2D eigenvalue weighted by molar-refractivity contribution is 7.80. The van der Waals surface area contributed by atoms with E-state index in [1.165, 1.54) is 0 Å². The van der Waals surface area contributed by atoms with Crippen molar-refractivity contribution in [1.29, 1.82) is 0 Å². The molecule has 3 unspecified atom stereocenters. The number of thiocarbonyl (C=S) groups is 1. The third kappa shape index (κ3) is 25.9. The molecule has 1 aliphatic rings. The van der Waals surface area contributed by atoms with Gasteiger partial charge in [0.1, 0.15) is 12.1 Å². The fraction of sp³-hybridized carbons (Fsp3) is 0.610. The number of aliphatic carboxylic acids is 7. The van der Waals surface area contributed by atoms with E-state index >= 15 is 0 Å². The summed E-state index contributed by atoms with van der Waals surface area (Å²) in [6.07, 6.45) is 1.46. The number of nitrogens with zero attached hydrogens (tertiary/aromatic N) is 4. The van der Waals surface area contributed by atoms with Gasteiger partial charge in [-0.2, -0.15) is 0 Å². The van der Waals surface area contributed by atoms with Gasteiger partial charge in [0, 0.05) is 83.5 Å². The third-order valence-electron chi connectivity index (χ3n) is 10.5. The number of carbonyl (C=O) groups excluding carboxylic acids is 2. The molecule has 67 heavy (non-hydrogen) atoms. The molecular weight excluding hydrogens is 907 g/mol. The highest BCUT2D eigenvalue weighted by Crippen LogP contribution is 2.16.